The molecule has 1 aliphatic heterocycles. The summed E-state index contributed by atoms with van der Waals surface area (Å²) in [5.41, 5.74) is 2.87. The third-order valence-electron chi connectivity index (χ3n) is 4.71. The van der Waals surface area contributed by atoms with Gasteiger partial charge < -0.3 is 9.84 Å². The number of nitrogens with zero attached hydrogens (tertiary/aromatic N) is 2. The normalized spacial score (nSPS) is 14.5. The molecule has 8 heteroatoms. The number of sulfonamides is 1. The highest BCUT2D eigenvalue weighted by Crippen LogP contribution is 2.25. The average molecular weight is 397 g/mol. The highest BCUT2D eigenvalue weighted by Gasteiger charge is 2.28. The second-order valence-corrected chi connectivity index (χ2v) is 8.60. The van der Waals surface area contributed by atoms with E-state index in [9.17, 15) is 13.2 Å². The highest BCUT2D eigenvalue weighted by atomic mass is 32.2. The van der Waals surface area contributed by atoms with Crippen molar-refractivity contribution in [2.75, 3.05) is 11.9 Å². The predicted molar refractivity (Wildman–Crippen MR) is 103 cm³/mol. The van der Waals surface area contributed by atoms with Crippen molar-refractivity contribution in [3.63, 3.8) is 0 Å². The molecule has 1 aromatic heterocycles. The van der Waals surface area contributed by atoms with Crippen molar-refractivity contribution in [1.29, 1.82) is 0 Å². The number of hydrogen-bond donors (Lipinski definition) is 1. The summed E-state index contributed by atoms with van der Waals surface area (Å²) in [5, 5.41) is 6.33. The predicted octanol–water partition coefficient (Wildman–Crippen LogP) is 2.98. The SMILES string of the molecule is Cc1cc(C(=O)Nc2ccc(S(=O)(=O)N3CCc4ccccc4C3)cc2)no1. The number of fused-ring (bicyclic) bond motifs is 1. The second-order valence-electron chi connectivity index (χ2n) is 6.66. The summed E-state index contributed by atoms with van der Waals surface area (Å²) >= 11 is 0. The Labute approximate surface area is 163 Å². The van der Waals surface area contributed by atoms with Crippen LogP contribution in [0.25, 0.3) is 0 Å². The molecule has 1 aliphatic rings. The van der Waals surface area contributed by atoms with Gasteiger partial charge in [0, 0.05) is 24.8 Å². The number of benzene rings is 2. The molecule has 2 heterocycles. The summed E-state index contributed by atoms with van der Waals surface area (Å²) < 4.78 is 32.3. The monoisotopic (exact) mass is 397 g/mol. The molecule has 3 aromatic rings. The van der Waals surface area contributed by atoms with Gasteiger partial charge in [0.15, 0.2) is 5.69 Å². The van der Waals surface area contributed by atoms with E-state index in [0.29, 0.717) is 31.0 Å². The van der Waals surface area contributed by atoms with E-state index in [-0.39, 0.29) is 10.6 Å². The maximum atomic E-state index is 13.0. The van der Waals surface area contributed by atoms with Crippen LogP contribution in [0.4, 0.5) is 5.69 Å². The van der Waals surface area contributed by atoms with E-state index in [0.717, 1.165) is 5.56 Å². The summed E-state index contributed by atoms with van der Waals surface area (Å²) in [6, 6.07) is 15.5. The lowest BCUT2D eigenvalue weighted by molar-refractivity contribution is 0.101. The Hall–Kier alpha value is -2.97. The van der Waals surface area contributed by atoms with Crippen LogP contribution in [0.1, 0.15) is 27.4 Å². The fourth-order valence-electron chi connectivity index (χ4n) is 3.20. The average Bonchev–Trinajstić information content (AvgIpc) is 3.14. The first kappa shape index (κ1) is 18.4. The first-order valence-corrected chi connectivity index (χ1v) is 10.3. The fraction of sp³-hybridized carbons (Fsp3) is 0.200. The van der Waals surface area contributed by atoms with Crippen LogP contribution in [0.5, 0.6) is 0 Å². The zero-order chi connectivity index (χ0) is 19.7. The molecule has 28 heavy (non-hydrogen) atoms. The van der Waals surface area contributed by atoms with Crippen LogP contribution in [0.2, 0.25) is 0 Å². The standard InChI is InChI=1S/C20H19N3O4S/c1-14-12-19(22-27-14)20(24)21-17-6-8-18(9-7-17)28(25,26)23-11-10-15-4-2-3-5-16(15)13-23/h2-9,12H,10-11,13H2,1H3,(H,21,24). The van der Waals surface area contributed by atoms with E-state index in [2.05, 4.69) is 10.5 Å². The smallest absolute Gasteiger partial charge is 0.277 e. The van der Waals surface area contributed by atoms with E-state index < -0.39 is 15.9 Å². The van der Waals surface area contributed by atoms with Crippen molar-refractivity contribution in [3.8, 4) is 0 Å². The third kappa shape index (κ3) is 3.56. The number of amides is 1. The molecule has 0 bridgehead atoms. The van der Waals surface area contributed by atoms with Crippen LogP contribution in [-0.2, 0) is 23.0 Å². The first-order valence-electron chi connectivity index (χ1n) is 8.85. The van der Waals surface area contributed by atoms with Gasteiger partial charge in [-0.3, -0.25) is 4.79 Å². The van der Waals surface area contributed by atoms with Crippen molar-refractivity contribution in [2.24, 2.45) is 0 Å². The van der Waals surface area contributed by atoms with Gasteiger partial charge in [-0.15, -0.1) is 0 Å². The lowest BCUT2D eigenvalue weighted by Crippen LogP contribution is -2.35. The molecule has 1 N–H and O–H groups in total. The van der Waals surface area contributed by atoms with Crippen LogP contribution in [0, 0.1) is 6.92 Å². The molecule has 4 rings (SSSR count). The van der Waals surface area contributed by atoms with Crippen LogP contribution in [0.3, 0.4) is 0 Å². The largest absolute Gasteiger partial charge is 0.361 e. The second kappa shape index (κ2) is 7.21. The van der Waals surface area contributed by atoms with Crippen molar-refractivity contribution < 1.29 is 17.7 Å². The van der Waals surface area contributed by atoms with Gasteiger partial charge in [0.1, 0.15) is 5.76 Å². The Bertz CT molecular complexity index is 1120. The van der Waals surface area contributed by atoms with Gasteiger partial charge in [-0.2, -0.15) is 4.31 Å². The molecule has 144 valence electrons. The number of nitrogens with one attached hydrogen (secondary N) is 1. The van der Waals surface area contributed by atoms with Gasteiger partial charge in [-0.1, -0.05) is 29.4 Å². The van der Waals surface area contributed by atoms with Gasteiger partial charge in [0.2, 0.25) is 10.0 Å². The summed E-state index contributed by atoms with van der Waals surface area (Å²) in [7, 11) is -3.61. The van der Waals surface area contributed by atoms with E-state index in [4.69, 9.17) is 4.52 Å². The van der Waals surface area contributed by atoms with Crippen molar-refractivity contribution in [2.45, 2.75) is 24.8 Å². The first-order chi connectivity index (χ1) is 13.4. The number of carbonyl (C=O) groups excluding carboxylic acids is 1. The van der Waals surface area contributed by atoms with Crippen molar-refractivity contribution >= 4 is 21.6 Å². The molecule has 7 nitrogen and oxygen atoms in total. The molecule has 0 saturated carbocycles. The quantitative estimate of drug-likeness (QED) is 0.731. The lowest BCUT2D eigenvalue weighted by Gasteiger charge is -2.28. The summed E-state index contributed by atoms with van der Waals surface area (Å²) in [6.07, 6.45) is 0.695. The van der Waals surface area contributed by atoms with Crippen molar-refractivity contribution in [3.05, 3.63) is 77.2 Å². The minimum absolute atomic E-state index is 0.168. The fourth-order valence-corrected chi connectivity index (χ4v) is 4.62. The Morgan fingerprint density at radius 1 is 1.11 bits per heavy atom. The van der Waals surface area contributed by atoms with Crippen molar-refractivity contribution in [1.82, 2.24) is 9.46 Å². The van der Waals surface area contributed by atoms with E-state index in [1.807, 2.05) is 24.3 Å². The molecule has 0 unspecified atom stereocenters. The summed E-state index contributed by atoms with van der Waals surface area (Å²) in [6.45, 7) is 2.51. The molecule has 0 spiro atoms. The zero-order valence-electron chi connectivity index (χ0n) is 15.3. The Kier molecular flexibility index (Phi) is 4.74. The molecular formula is C20H19N3O4S. The topological polar surface area (TPSA) is 92.5 Å². The lowest BCUT2D eigenvalue weighted by atomic mass is 10.0. The number of rotatable bonds is 4. The molecule has 0 radical (unpaired) electrons. The minimum atomic E-state index is -3.61. The molecule has 0 fully saturated rings. The van der Waals surface area contributed by atoms with Crippen LogP contribution in [0.15, 0.2) is 64.0 Å². The third-order valence-corrected chi connectivity index (χ3v) is 6.57. The van der Waals surface area contributed by atoms with Crippen LogP contribution >= 0.6 is 0 Å². The van der Waals surface area contributed by atoms with E-state index in [1.54, 1.807) is 19.1 Å². The summed E-state index contributed by atoms with van der Waals surface area (Å²) in [5.74, 6) is 0.120. The maximum Gasteiger partial charge on any atom is 0.277 e. The van der Waals surface area contributed by atoms with E-state index in [1.165, 1.54) is 28.1 Å². The number of aromatic nitrogens is 1. The number of anilines is 1. The highest BCUT2D eigenvalue weighted by molar-refractivity contribution is 7.89. The minimum Gasteiger partial charge on any atom is -0.361 e. The zero-order valence-corrected chi connectivity index (χ0v) is 16.1. The van der Waals surface area contributed by atoms with Gasteiger partial charge in [-0.25, -0.2) is 8.42 Å². The molecule has 0 saturated heterocycles. The molecule has 0 atom stereocenters. The van der Waals surface area contributed by atoms with Gasteiger partial charge in [-0.05, 0) is 48.7 Å². The Morgan fingerprint density at radius 2 is 1.82 bits per heavy atom. The van der Waals surface area contributed by atoms with Crippen LogP contribution < -0.4 is 5.32 Å². The van der Waals surface area contributed by atoms with Gasteiger partial charge >= 0.3 is 0 Å². The summed E-state index contributed by atoms with van der Waals surface area (Å²) in [4.78, 5) is 12.3. The van der Waals surface area contributed by atoms with Crippen LogP contribution in [-0.4, -0.2) is 30.3 Å². The Morgan fingerprint density at radius 3 is 2.50 bits per heavy atom. The molecule has 2 aromatic carbocycles. The number of aryl methyl sites for hydroxylation is 1. The van der Waals surface area contributed by atoms with Gasteiger partial charge in [0.05, 0.1) is 4.90 Å². The molecule has 0 aliphatic carbocycles. The van der Waals surface area contributed by atoms with E-state index >= 15 is 0 Å². The number of hydrogen-bond acceptors (Lipinski definition) is 5. The number of carbonyl (C=O) groups is 1. The molecule has 1 amide bonds. The molecular weight excluding hydrogens is 378 g/mol. The Balaban J connectivity index is 1.49. The maximum absolute atomic E-state index is 13.0. The van der Waals surface area contributed by atoms with Gasteiger partial charge in [0.25, 0.3) is 5.91 Å².